The Labute approximate surface area is 279 Å². The number of urea groups is 1. The van der Waals surface area contributed by atoms with E-state index in [-0.39, 0.29) is 37.5 Å². The van der Waals surface area contributed by atoms with E-state index in [1.807, 2.05) is 55.9 Å². The Morgan fingerprint density at radius 2 is 1.66 bits per heavy atom. The number of carbonyl (C=O) groups excluding carboxylic acids is 2. The minimum absolute atomic E-state index is 0.0140. The summed E-state index contributed by atoms with van der Waals surface area (Å²) < 4.78 is 17.2. The van der Waals surface area contributed by atoms with E-state index in [1.165, 1.54) is 13.4 Å². The number of carbonyl (C=O) groups is 2. The van der Waals surface area contributed by atoms with Crippen LogP contribution in [-0.2, 0) is 4.79 Å². The molecule has 0 radical (unpaired) electrons. The van der Waals surface area contributed by atoms with E-state index in [1.54, 1.807) is 15.9 Å². The number of anilines is 2. The van der Waals surface area contributed by atoms with Crippen molar-refractivity contribution in [3.63, 3.8) is 0 Å². The molecule has 5 rings (SSSR count). The van der Waals surface area contributed by atoms with Crippen LogP contribution in [0.3, 0.4) is 0 Å². The van der Waals surface area contributed by atoms with Crippen molar-refractivity contribution in [2.75, 3.05) is 74.7 Å². The van der Waals surface area contributed by atoms with Crippen molar-refractivity contribution in [3.8, 4) is 17.2 Å². The maximum absolute atomic E-state index is 12.9. The number of aromatic nitrogens is 2. The summed E-state index contributed by atoms with van der Waals surface area (Å²) in [7, 11) is 1.53. The molecule has 2 atom stereocenters. The standard InChI is InChI=1S/C33H44N6O7S/c1-22(2)46-26-6-4-23(5-7-26)36-33(43)39-10-8-38(9-11-39)32-27-18-29(44-3)30(19-28(27)34-21-35-32)45-20-25(41)16-24(40)17-31(42)37-12-14-47-15-13-37/h4-7,18-19,21-22,24-25,40-41H,8-17,20H2,1-3H3,(H,36,43). The third-order valence-electron chi connectivity index (χ3n) is 7.99. The molecule has 47 heavy (non-hydrogen) atoms. The average Bonchev–Trinajstić information content (AvgIpc) is 3.07. The maximum Gasteiger partial charge on any atom is 0.321 e. The lowest BCUT2D eigenvalue weighted by Crippen LogP contribution is -2.50. The summed E-state index contributed by atoms with van der Waals surface area (Å²) in [6.07, 6.45) is -0.395. The molecule has 3 aromatic rings. The highest BCUT2D eigenvalue weighted by molar-refractivity contribution is 7.99. The summed E-state index contributed by atoms with van der Waals surface area (Å²) in [5.41, 5.74) is 1.34. The van der Waals surface area contributed by atoms with Crippen LogP contribution in [0.2, 0.25) is 0 Å². The van der Waals surface area contributed by atoms with Crippen LogP contribution in [0.25, 0.3) is 10.9 Å². The van der Waals surface area contributed by atoms with Gasteiger partial charge < -0.3 is 44.4 Å². The molecule has 3 heterocycles. The molecule has 0 spiro atoms. The normalized spacial score (nSPS) is 16.6. The minimum Gasteiger partial charge on any atom is -0.493 e. The highest BCUT2D eigenvalue weighted by atomic mass is 32.2. The summed E-state index contributed by atoms with van der Waals surface area (Å²) in [4.78, 5) is 40.0. The van der Waals surface area contributed by atoms with Crippen LogP contribution in [-0.4, -0.2) is 125 Å². The number of methoxy groups -OCH3 is 1. The van der Waals surface area contributed by atoms with Crippen molar-refractivity contribution in [3.05, 3.63) is 42.7 Å². The molecular weight excluding hydrogens is 624 g/mol. The van der Waals surface area contributed by atoms with E-state index < -0.39 is 12.2 Å². The van der Waals surface area contributed by atoms with E-state index in [0.29, 0.717) is 62.0 Å². The van der Waals surface area contributed by atoms with Crippen molar-refractivity contribution in [2.24, 2.45) is 0 Å². The predicted octanol–water partition coefficient (Wildman–Crippen LogP) is 3.24. The van der Waals surface area contributed by atoms with Crippen molar-refractivity contribution >= 4 is 46.1 Å². The van der Waals surface area contributed by atoms with Crippen LogP contribution in [0.5, 0.6) is 17.2 Å². The molecule has 2 aliphatic rings. The molecule has 0 saturated carbocycles. The molecule has 2 saturated heterocycles. The molecule has 0 bridgehead atoms. The average molecular weight is 669 g/mol. The Balaban J connectivity index is 1.15. The van der Waals surface area contributed by atoms with Gasteiger partial charge in [-0.05, 0) is 44.2 Å². The largest absolute Gasteiger partial charge is 0.493 e. The molecule has 2 fully saturated rings. The zero-order chi connectivity index (χ0) is 33.3. The number of fused-ring (bicyclic) bond motifs is 1. The van der Waals surface area contributed by atoms with Crippen LogP contribution in [0.1, 0.15) is 26.7 Å². The Bertz CT molecular complexity index is 1500. The van der Waals surface area contributed by atoms with Crippen LogP contribution >= 0.6 is 11.8 Å². The lowest BCUT2D eigenvalue weighted by Gasteiger charge is -2.35. The molecule has 0 aliphatic carbocycles. The number of hydrogen-bond donors (Lipinski definition) is 3. The lowest BCUT2D eigenvalue weighted by atomic mass is 10.1. The van der Waals surface area contributed by atoms with Gasteiger partial charge in [0, 0.05) is 74.3 Å². The fourth-order valence-corrected chi connectivity index (χ4v) is 6.49. The first kappa shape index (κ1) is 34.3. The van der Waals surface area contributed by atoms with Crippen molar-refractivity contribution < 1.29 is 34.0 Å². The number of nitrogens with zero attached hydrogens (tertiary/aromatic N) is 5. The molecule has 2 unspecified atom stereocenters. The third kappa shape index (κ3) is 9.30. The van der Waals surface area contributed by atoms with Crippen LogP contribution in [0, 0.1) is 0 Å². The van der Waals surface area contributed by atoms with Gasteiger partial charge in [-0.15, -0.1) is 0 Å². The van der Waals surface area contributed by atoms with E-state index in [9.17, 15) is 19.8 Å². The van der Waals surface area contributed by atoms with Gasteiger partial charge in [0.05, 0.1) is 37.4 Å². The van der Waals surface area contributed by atoms with Crippen molar-refractivity contribution in [1.82, 2.24) is 19.8 Å². The number of rotatable bonds is 12. The second-order valence-electron chi connectivity index (χ2n) is 11.9. The van der Waals surface area contributed by atoms with Gasteiger partial charge in [-0.1, -0.05) is 0 Å². The Morgan fingerprint density at radius 1 is 0.936 bits per heavy atom. The number of aliphatic hydroxyl groups is 2. The number of benzene rings is 2. The summed E-state index contributed by atoms with van der Waals surface area (Å²) in [5, 5.41) is 24.7. The summed E-state index contributed by atoms with van der Waals surface area (Å²) in [6.45, 7) is 7.39. The van der Waals surface area contributed by atoms with Gasteiger partial charge in [0.15, 0.2) is 11.5 Å². The van der Waals surface area contributed by atoms with E-state index >= 15 is 0 Å². The number of piperazine rings is 1. The molecule has 13 nitrogen and oxygen atoms in total. The molecule has 3 amide bonds. The van der Waals surface area contributed by atoms with E-state index in [2.05, 4.69) is 20.2 Å². The first-order valence-electron chi connectivity index (χ1n) is 15.9. The summed E-state index contributed by atoms with van der Waals surface area (Å²) in [6, 6.07) is 10.7. The Hall–Kier alpha value is -4.01. The molecule has 14 heteroatoms. The highest BCUT2D eigenvalue weighted by Gasteiger charge is 2.25. The number of nitrogens with one attached hydrogen (secondary N) is 1. The molecule has 254 valence electrons. The predicted molar refractivity (Wildman–Crippen MR) is 182 cm³/mol. The molecule has 2 aliphatic heterocycles. The SMILES string of the molecule is COc1cc2c(N3CCN(C(=O)Nc4ccc(OC(C)C)cc4)CC3)ncnc2cc1OCC(O)CC(O)CC(=O)N1CCSCC1. The first-order valence-corrected chi connectivity index (χ1v) is 17.1. The number of amides is 3. The minimum atomic E-state index is -0.983. The summed E-state index contributed by atoms with van der Waals surface area (Å²) >= 11 is 1.81. The third-order valence-corrected chi connectivity index (χ3v) is 8.94. The van der Waals surface area contributed by atoms with Crippen LogP contribution in [0.4, 0.5) is 16.3 Å². The van der Waals surface area contributed by atoms with Gasteiger partial charge in [-0.25, -0.2) is 14.8 Å². The molecular formula is C33H44N6O7S. The van der Waals surface area contributed by atoms with Gasteiger partial charge in [0.1, 0.15) is 24.5 Å². The monoisotopic (exact) mass is 668 g/mol. The zero-order valence-corrected chi connectivity index (χ0v) is 27.9. The van der Waals surface area contributed by atoms with Gasteiger partial charge in [0.25, 0.3) is 0 Å². The second kappa shape index (κ2) is 16.2. The Morgan fingerprint density at radius 3 is 2.34 bits per heavy atom. The Kier molecular flexibility index (Phi) is 11.8. The summed E-state index contributed by atoms with van der Waals surface area (Å²) in [5.74, 6) is 4.02. The van der Waals surface area contributed by atoms with Crippen LogP contribution in [0.15, 0.2) is 42.7 Å². The van der Waals surface area contributed by atoms with Gasteiger partial charge in [-0.3, -0.25) is 4.79 Å². The topological polar surface area (TPSA) is 150 Å². The van der Waals surface area contributed by atoms with Crippen molar-refractivity contribution in [2.45, 2.75) is 45.0 Å². The molecule has 1 aromatic heterocycles. The number of ether oxygens (including phenoxy) is 3. The number of thioether (sulfide) groups is 1. The fourth-order valence-electron chi connectivity index (χ4n) is 5.58. The highest BCUT2D eigenvalue weighted by Crippen LogP contribution is 2.35. The zero-order valence-electron chi connectivity index (χ0n) is 27.1. The van der Waals surface area contributed by atoms with Crippen LogP contribution < -0.4 is 24.4 Å². The smallest absolute Gasteiger partial charge is 0.321 e. The second-order valence-corrected chi connectivity index (χ2v) is 13.1. The maximum atomic E-state index is 12.9. The molecule has 3 N–H and O–H groups in total. The van der Waals surface area contributed by atoms with Gasteiger partial charge in [-0.2, -0.15) is 11.8 Å². The molecule has 2 aromatic carbocycles. The van der Waals surface area contributed by atoms with Gasteiger partial charge >= 0.3 is 6.03 Å². The van der Waals surface area contributed by atoms with E-state index in [0.717, 1.165) is 28.5 Å². The van der Waals surface area contributed by atoms with Crippen molar-refractivity contribution in [1.29, 1.82) is 0 Å². The van der Waals surface area contributed by atoms with E-state index in [4.69, 9.17) is 14.2 Å². The first-order chi connectivity index (χ1) is 22.7. The number of hydrogen-bond acceptors (Lipinski definition) is 11. The number of aliphatic hydroxyl groups excluding tert-OH is 2. The fraction of sp³-hybridized carbons (Fsp3) is 0.515. The quantitative estimate of drug-likeness (QED) is 0.261. The van der Waals surface area contributed by atoms with Gasteiger partial charge in [0.2, 0.25) is 5.91 Å². The lowest BCUT2D eigenvalue weighted by molar-refractivity contribution is -0.133.